The standard InChI is InChI=1S/C29H39ClN6O8S/c30-14-24(38)33-19(9-11-25(39)40)29(44)36-12-4-3-6-21(36)28(43)35-20(13-16-15-45-22-7-2-1-5-17(16)22)27(42)34-18(26(32)41)8-10-23(31)37/h1-2,5,7,15,18-21,23,37H,3-4,6,8-14,31H2,(H2,32,41)(H,33,38)(H,34,42)(H,35,43)(H,39,40)/t18-,19-,20-,21-,23?/m0/s1. The Morgan fingerprint density at radius 1 is 1.00 bits per heavy atom. The van der Waals surface area contributed by atoms with Crippen molar-refractivity contribution in [3.63, 3.8) is 0 Å². The van der Waals surface area contributed by atoms with Gasteiger partial charge in [0.25, 0.3) is 0 Å². The number of rotatable bonds is 16. The van der Waals surface area contributed by atoms with Gasteiger partial charge in [-0.2, -0.15) is 0 Å². The molecule has 1 aliphatic heterocycles. The number of carboxylic acid groups (broad SMARTS) is 1. The first-order valence-corrected chi connectivity index (χ1v) is 16.0. The minimum absolute atomic E-state index is 0.0114. The number of likely N-dealkylation sites (tertiary alicyclic amines) is 1. The number of nitrogens with two attached hydrogens (primary N) is 2. The Kier molecular flexibility index (Phi) is 13.5. The number of amides is 5. The van der Waals surface area contributed by atoms with E-state index in [2.05, 4.69) is 16.0 Å². The summed E-state index contributed by atoms with van der Waals surface area (Å²) in [4.78, 5) is 77.6. The van der Waals surface area contributed by atoms with Gasteiger partial charge >= 0.3 is 5.97 Å². The molecule has 9 N–H and O–H groups in total. The van der Waals surface area contributed by atoms with Crippen molar-refractivity contribution < 1.29 is 39.0 Å². The van der Waals surface area contributed by atoms with Gasteiger partial charge in [0.2, 0.25) is 29.5 Å². The molecular weight excluding hydrogens is 628 g/mol. The normalized spacial score (nSPS) is 17.5. The second kappa shape index (κ2) is 17.1. The Balaban J connectivity index is 1.87. The molecule has 2 aromatic rings. The molecule has 0 aliphatic carbocycles. The maximum absolute atomic E-state index is 13.8. The van der Waals surface area contributed by atoms with E-state index >= 15 is 0 Å². The van der Waals surface area contributed by atoms with Crippen LogP contribution in [-0.4, -0.2) is 93.4 Å². The third-order valence-corrected chi connectivity index (χ3v) is 8.77. The summed E-state index contributed by atoms with van der Waals surface area (Å²) in [5.41, 5.74) is 11.7. The van der Waals surface area contributed by atoms with Crippen LogP contribution in [0, 0.1) is 0 Å². The van der Waals surface area contributed by atoms with Crippen molar-refractivity contribution in [3.05, 3.63) is 35.2 Å². The van der Waals surface area contributed by atoms with E-state index in [0.29, 0.717) is 12.8 Å². The molecule has 1 unspecified atom stereocenters. The third-order valence-electron chi connectivity index (χ3n) is 7.52. The van der Waals surface area contributed by atoms with Crippen LogP contribution in [0.15, 0.2) is 29.6 Å². The smallest absolute Gasteiger partial charge is 0.303 e. The summed E-state index contributed by atoms with van der Waals surface area (Å²) in [6.07, 6.45) is -0.372. The van der Waals surface area contributed by atoms with Crippen LogP contribution < -0.4 is 27.4 Å². The topological polar surface area (TPSA) is 234 Å². The molecule has 16 heteroatoms. The highest BCUT2D eigenvalue weighted by Crippen LogP contribution is 2.27. The number of primary amides is 1. The van der Waals surface area contributed by atoms with E-state index in [1.807, 2.05) is 29.6 Å². The van der Waals surface area contributed by atoms with Crippen LogP contribution in [-0.2, 0) is 35.2 Å². The third kappa shape index (κ3) is 10.4. The zero-order valence-electron chi connectivity index (χ0n) is 24.6. The number of aliphatic hydroxyl groups excluding tert-OH is 1. The summed E-state index contributed by atoms with van der Waals surface area (Å²) in [7, 11) is 0. The number of carbonyl (C=O) groups is 6. The minimum atomic E-state index is -1.22. The molecule has 0 saturated carbocycles. The number of carboxylic acids is 1. The number of halogens is 1. The van der Waals surface area contributed by atoms with E-state index in [4.69, 9.17) is 28.2 Å². The predicted molar refractivity (Wildman–Crippen MR) is 167 cm³/mol. The fraction of sp³-hybridized carbons (Fsp3) is 0.517. The lowest BCUT2D eigenvalue weighted by Crippen LogP contribution is -2.60. The predicted octanol–water partition coefficient (Wildman–Crippen LogP) is -0.0745. The molecule has 1 aliphatic rings. The lowest BCUT2D eigenvalue weighted by Gasteiger charge is -2.37. The summed E-state index contributed by atoms with van der Waals surface area (Å²) in [5, 5.41) is 29.1. The average Bonchev–Trinajstić information content (AvgIpc) is 3.42. The van der Waals surface area contributed by atoms with Gasteiger partial charge in [0.05, 0.1) is 0 Å². The lowest BCUT2D eigenvalue weighted by molar-refractivity contribution is -0.146. The van der Waals surface area contributed by atoms with E-state index in [-0.39, 0.29) is 38.6 Å². The molecule has 3 rings (SSSR count). The van der Waals surface area contributed by atoms with Crippen LogP contribution in [0.1, 0.15) is 50.5 Å². The van der Waals surface area contributed by atoms with Crippen molar-refractivity contribution in [2.75, 3.05) is 12.4 Å². The van der Waals surface area contributed by atoms with E-state index < -0.39 is 78.2 Å². The van der Waals surface area contributed by atoms with Crippen LogP contribution in [0.4, 0.5) is 0 Å². The van der Waals surface area contributed by atoms with Crippen molar-refractivity contribution in [2.45, 2.75) is 81.8 Å². The van der Waals surface area contributed by atoms with Crippen LogP contribution in [0.2, 0.25) is 0 Å². The van der Waals surface area contributed by atoms with Crippen molar-refractivity contribution in [1.82, 2.24) is 20.9 Å². The highest BCUT2D eigenvalue weighted by molar-refractivity contribution is 7.17. The summed E-state index contributed by atoms with van der Waals surface area (Å²) < 4.78 is 0.973. The van der Waals surface area contributed by atoms with Crippen LogP contribution in [0.3, 0.4) is 0 Å². The quantitative estimate of drug-likeness (QED) is 0.0936. The van der Waals surface area contributed by atoms with E-state index in [9.17, 15) is 33.9 Å². The maximum atomic E-state index is 13.8. The summed E-state index contributed by atoms with van der Waals surface area (Å²) in [5.74, 6) is -5.06. The second-order valence-electron chi connectivity index (χ2n) is 10.9. The molecule has 246 valence electrons. The minimum Gasteiger partial charge on any atom is -0.481 e. The van der Waals surface area contributed by atoms with E-state index in [1.54, 1.807) is 0 Å². The van der Waals surface area contributed by atoms with Gasteiger partial charge in [0.1, 0.15) is 36.3 Å². The molecular formula is C29H39ClN6O8S. The fourth-order valence-corrected chi connectivity index (χ4v) is 6.26. The Bertz CT molecular complexity index is 1390. The number of nitrogens with zero attached hydrogens (tertiary/aromatic N) is 1. The number of thiophene rings is 1. The maximum Gasteiger partial charge on any atom is 0.303 e. The van der Waals surface area contributed by atoms with Gasteiger partial charge in [0, 0.05) is 24.1 Å². The van der Waals surface area contributed by atoms with Crippen molar-refractivity contribution in [2.24, 2.45) is 11.5 Å². The van der Waals surface area contributed by atoms with E-state index in [0.717, 1.165) is 15.6 Å². The molecule has 1 aromatic carbocycles. The van der Waals surface area contributed by atoms with Gasteiger partial charge in [-0.15, -0.1) is 22.9 Å². The van der Waals surface area contributed by atoms with Crippen LogP contribution in [0.5, 0.6) is 0 Å². The number of alkyl halides is 1. The zero-order chi connectivity index (χ0) is 33.1. The number of hydrogen-bond acceptors (Lipinski definition) is 9. The Morgan fingerprint density at radius 2 is 1.73 bits per heavy atom. The van der Waals surface area contributed by atoms with Gasteiger partial charge in [-0.05, 0) is 60.9 Å². The molecule has 1 fully saturated rings. The Morgan fingerprint density at radius 3 is 2.40 bits per heavy atom. The number of aliphatic carboxylic acids is 1. The van der Waals surface area contributed by atoms with Crippen molar-refractivity contribution in [1.29, 1.82) is 0 Å². The molecule has 5 amide bonds. The second-order valence-corrected chi connectivity index (χ2v) is 12.0. The van der Waals surface area contributed by atoms with Gasteiger partial charge in [0.15, 0.2) is 0 Å². The number of aliphatic hydroxyl groups is 1. The molecule has 1 saturated heterocycles. The molecule has 5 atom stereocenters. The molecule has 0 spiro atoms. The number of hydrogen-bond donors (Lipinski definition) is 7. The number of fused-ring (bicyclic) bond motifs is 1. The lowest BCUT2D eigenvalue weighted by atomic mass is 9.97. The first-order valence-electron chi connectivity index (χ1n) is 14.6. The molecule has 2 heterocycles. The molecule has 14 nitrogen and oxygen atoms in total. The Labute approximate surface area is 268 Å². The summed E-state index contributed by atoms with van der Waals surface area (Å²) in [6.45, 7) is 0.175. The monoisotopic (exact) mass is 666 g/mol. The van der Waals surface area contributed by atoms with Crippen LogP contribution in [0.25, 0.3) is 10.1 Å². The summed E-state index contributed by atoms with van der Waals surface area (Å²) >= 11 is 7.07. The number of carbonyl (C=O) groups excluding carboxylic acids is 5. The van der Waals surface area contributed by atoms with Gasteiger partial charge in [-0.1, -0.05) is 18.2 Å². The Hall–Kier alpha value is -3.79. The highest BCUT2D eigenvalue weighted by atomic mass is 35.5. The zero-order valence-corrected chi connectivity index (χ0v) is 26.1. The SMILES string of the molecule is NC(=O)[C@H](CCC(N)O)NC(=O)[C@H](Cc1csc2ccccc12)NC(=O)[C@@H]1CCCCN1C(=O)[C@H](CCC(=O)O)NC(=O)CCl. The fourth-order valence-electron chi connectivity index (χ4n) is 5.21. The van der Waals surface area contributed by atoms with Crippen molar-refractivity contribution in [3.8, 4) is 0 Å². The number of nitrogens with one attached hydrogen (secondary N) is 3. The van der Waals surface area contributed by atoms with E-state index in [1.165, 1.54) is 16.2 Å². The largest absolute Gasteiger partial charge is 0.481 e. The summed E-state index contributed by atoms with van der Waals surface area (Å²) in [6, 6.07) is 2.97. The van der Waals surface area contributed by atoms with Gasteiger partial charge < -0.3 is 42.5 Å². The highest BCUT2D eigenvalue weighted by Gasteiger charge is 2.38. The number of benzene rings is 1. The van der Waals surface area contributed by atoms with Crippen molar-refractivity contribution >= 4 is 68.5 Å². The van der Waals surface area contributed by atoms with Gasteiger partial charge in [-0.3, -0.25) is 28.8 Å². The first-order chi connectivity index (χ1) is 21.4. The average molecular weight is 667 g/mol. The molecule has 45 heavy (non-hydrogen) atoms. The molecule has 0 bridgehead atoms. The van der Waals surface area contributed by atoms with Gasteiger partial charge in [-0.25, -0.2) is 0 Å². The molecule has 0 radical (unpaired) electrons. The first kappa shape index (κ1) is 35.7. The number of piperidine rings is 1. The molecule has 1 aromatic heterocycles. The van der Waals surface area contributed by atoms with Crippen LogP contribution >= 0.6 is 22.9 Å².